The second-order valence-electron chi connectivity index (χ2n) is 3.59. The van der Waals surface area contributed by atoms with Gasteiger partial charge in [0.05, 0.1) is 5.56 Å². The summed E-state index contributed by atoms with van der Waals surface area (Å²) in [6, 6.07) is 3.39. The van der Waals surface area contributed by atoms with E-state index in [1.165, 1.54) is 6.07 Å². The summed E-state index contributed by atoms with van der Waals surface area (Å²) in [4.78, 5) is 13.6. The highest BCUT2D eigenvalue weighted by Gasteiger charge is 2.17. The molecule has 1 aromatic rings. The third kappa shape index (κ3) is 3.70. The molecule has 0 spiro atoms. The van der Waals surface area contributed by atoms with E-state index in [1.54, 1.807) is 4.90 Å². The van der Waals surface area contributed by atoms with Crippen LogP contribution in [-0.2, 0) is 0 Å². The van der Waals surface area contributed by atoms with Crippen LogP contribution in [0.15, 0.2) is 18.2 Å². The highest BCUT2D eigenvalue weighted by molar-refractivity contribution is 9.09. The highest BCUT2D eigenvalue weighted by Crippen LogP contribution is 2.19. The predicted octanol–water partition coefficient (Wildman–Crippen LogP) is 2.78. The second-order valence-corrected chi connectivity index (χ2v) is 4.38. The smallest absolute Gasteiger partial charge is 0.257 e. The Bertz CT molecular complexity index is 398. The number of carbonyl (C=O) groups is 1. The number of carbonyl (C=O) groups excluding carboxylic acids is 1. The van der Waals surface area contributed by atoms with Crippen LogP contribution in [0.5, 0.6) is 5.75 Å². The van der Waals surface area contributed by atoms with Crippen molar-refractivity contribution in [1.82, 2.24) is 4.90 Å². The second kappa shape index (κ2) is 6.59. The van der Waals surface area contributed by atoms with Crippen molar-refractivity contribution >= 4 is 21.8 Å². The lowest BCUT2D eigenvalue weighted by Crippen LogP contribution is -2.32. The van der Waals surface area contributed by atoms with Crippen molar-refractivity contribution in [1.29, 1.82) is 0 Å². The molecule has 0 aliphatic carbocycles. The Labute approximate surface area is 108 Å². The van der Waals surface area contributed by atoms with Gasteiger partial charge in [0.25, 0.3) is 5.91 Å². The minimum absolute atomic E-state index is 0.0152. The average Bonchev–Trinajstić information content (AvgIpc) is 2.33. The summed E-state index contributed by atoms with van der Waals surface area (Å²) in [5.74, 6) is -1.05. The Hall–Kier alpha value is -1.10. The summed E-state index contributed by atoms with van der Waals surface area (Å²) in [5.41, 5.74) is 0.0152. The predicted molar refractivity (Wildman–Crippen MR) is 68.1 cm³/mol. The lowest BCUT2D eigenvalue weighted by Gasteiger charge is -2.20. The molecular formula is C12H15BrFNO2. The molecule has 1 aromatic carbocycles. The third-order valence-corrected chi connectivity index (χ3v) is 2.98. The maximum atomic E-state index is 13.0. The SMILES string of the molecule is CCN(CCCBr)C(=O)c1cc(F)ccc1O. The van der Waals surface area contributed by atoms with Gasteiger partial charge in [0.1, 0.15) is 11.6 Å². The number of hydrogen-bond donors (Lipinski definition) is 1. The van der Waals surface area contributed by atoms with Crippen LogP contribution >= 0.6 is 15.9 Å². The van der Waals surface area contributed by atoms with Crippen molar-refractivity contribution in [3.63, 3.8) is 0 Å². The number of nitrogens with zero attached hydrogens (tertiary/aromatic N) is 1. The van der Waals surface area contributed by atoms with Crippen molar-refractivity contribution in [3.05, 3.63) is 29.6 Å². The minimum atomic E-state index is -0.525. The third-order valence-electron chi connectivity index (χ3n) is 2.42. The van der Waals surface area contributed by atoms with E-state index in [-0.39, 0.29) is 17.2 Å². The molecule has 0 atom stereocenters. The molecule has 0 radical (unpaired) electrons. The Kier molecular flexibility index (Phi) is 5.41. The van der Waals surface area contributed by atoms with E-state index in [0.717, 1.165) is 23.9 Å². The van der Waals surface area contributed by atoms with Gasteiger partial charge in [-0.05, 0) is 31.5 Å². The van der Waals surface area contributed by atoms with Crippen LogP contribution in [0, 0.1) is 5.82 Å². The normalized spacial score (nSPS) is 10.3. The van der Waals surface area contributed by atoms with Gasteiger partial charge in [0, 0.05) is 18.4 Å². The minimum Gasteiger partial charge on any atom is -0.507 e. The Morgan fingerprint density at radius 1 is 1.53 bits per heavy atom. The molecular weight excluding hydrogens is 289 g/mol. The molecule has 0 unspecified atom stereocenters. The molecule has 0 saturated heterocycles. The number of rotatable bonds is 5. The van der Waals surface area contributed by atoms with Gasteiger partial charge in [-0.2, -0.15) is 0 Å². The fourth-order valence-corrected chi connectivity index (χ4v) is 1.75. The van der Waals surface area contributed by atoms with E-state index in [0.29, 0.717) is 13.1 Å². The number of phenolic OH excluding ortho intramolecular Hbond substituents is 1. The van der Waals surface area contributed by atoms with E-state index < -0.39 is 5.82 Å². The summed E-state index contributed by atoms with van der Waals surface area (Å²) in [5, 5.41) is 10.3. The summed E-state index contributed by atoms with van der Waals surface area (Å²) in [6.45, 7) is 2.96. The van der Waals surface area contributed by atoms with Gasteiger partial charge in [-0.3, -0.25) is 4.79 Å². The number of benzene rings is 1. The number of hydrogen-bond acceptors (Lipinski definition) is 2. The van der Waals surface area contributed by atoms with E-state index in [4.69, 9.17) is 0 Å². The Morgan fingerprint density at radius 2 is 2.24 bits per heavy atom. The monoisotopic (exact) mass is 303 g/mol. The fraction of sp³-hybridized carbons (Fsp3) is 0.417. The van der Waals surface area contributed by atoms with E-state index >= 15 is 0 Å². The number of halogens is 2. The molecule has 1 rings (SSSR count). The summed E-state index contributed by atoms with van der Waals surface area (Å²) < 4.78 is 13.0. The van der Waals surface area contributed by atoms with Crippen molar-refractivity contribution in [2.75, 3.05) is 18.4 Å². The number of aromatic hydroxyl groups is 1. The zero-order valence-corrected chi connectivity index (χ0v) is 11.2. The zero-order chi connectivity index (χ0) is 12.8. The fourth-order valence-electron chi connectivity index (χ4n) is 1.50. The molecule has 17 heavy (non-hydrogen) atoms. The van der Waals surface area contributed by atoms with Crippen molar-refractivity contribution < 1.29 is 14.3 Å². The number of amides is 1. The molecule has 0 bridgehead atoms. The Balaban J connectivity index is 2.89. The topological polar surface area (TPSA) is 40.5 Å². The van der Waals surface area contributed by atoms with Crippen LogP contribution in [0.25, 0.3) is 0 Å². The lowest BCUT2D eigenvalue weighted by atomic mass is 10.1. The molecule has 0 saturated carbocycles. The summed E-state index contributed by atoms with van der Waals surface area (Å²) >= 11 is 3.29. The maximum absolute atomic E-state index is 13.0. The average molecular weight is 304 g/mol. The molecule has 94 valence electrons. The van der Waals surface area contributed by atoms with Gasteiger partial charge in [0.2, 0.25) is 0 Å². The van der Waals surface area contributed by atoms with Crippen molar-refractivity contribution in [2.24, 2.45) is 0 Å². The van der Waals surface area contributed by atoms with Crippen molar-refractivity contribution in [2.45, 2.75) is 13.3 Å². The number of alkyl halides is 1. The van der Waals surface area contributed by atoms with Gasteiger partial charge < -0.3 is 10.0 Å². The molecule has 1 amide bonds. The largest absolute Gasteiger partial charge is 0.507 e. The molecule has 1 N–H and O–H groups in total. The van der Waals surface area contributed by atoms with Crippen molar-refractivity contribution in [3.8, 4) is 5.75 Å². The summed E-state index contributed by atoms with van der Waals surface area (Å²) in [7, 11) is 0. The highest BCUT2D eigenvalue weighted by atomic mass is 79.9. The van der Waals surface area contributed by atoms with Crippen LogP contribution in [0.3, 0.4) is 0 Å². The maximum Gasteiger partial charge on any atom is 0.257 e. The molecule has 0 aromatic heterocycles. The molecule has 0 heterocycles. The number of phenols is 1. The molecule has 5 heteroatoms. The van der Waals surface area contributed by atoms with E-state index in [2.05, 4.69) is 15.9 Å². The zero-order valence-electron chi connectivity index (χ0n) is 9.62. The van der Waals surface area contributed by atoms with Gasteiger partial charge >= 0.3 is 0 Å². The van der Waals surface area contributed by atoms with Gasteiger partial charge in [-0.15, -0.1) is 0 Å². The van der Waals surface area contributed by atoms with Crippen LogP contribution < -0.4 is 0 Å². The molecule has 0 fully saturated rings. The first kappa shape index (κ1) is 14.0. The summed E-state index contributed by atoms with van der Waals surface area (Å²) in [6.07, 6.45) is 0.815. The first-order chi connectivity index (χ1) is 8.10. The van der Waals surface area contributed by atoms with Gasteiger partial charge in [0.15, 0.2) is 0 Å². The quantitative estimate of drug-likeness (QED) is 0.850. The first-order valence-electron chi connectivity index (χ1n) is 5.44. The standard InChI is InChI=1S/C12H15BrFNO2/c1-2-15(7-3-6-13)12(17)10-8-9(14)4-5-11(10)16/h4-5,8,16H,2-3,6-7H2,1H3. The van der Waals surface area contributed by atoms with E-state index in [1.807, 2.05) is 6.92 Å². The van der Waals surface area contributed by atoms with Crippen LogP contribution in [-0.4, -0.2) is 34.3 Å². The van der Waals surface area contributed by atoms with Crippen LogP contribution in [0.2, 0.25) is 0 Å². The van der Waals surface area contributed by atoms with E-state index in [9.17, 15) is 14.3 Å². The van der Waals surface area contributed by atoms with Crippen LogP contribution in [0.1, 0.15) is 23.7 Å². The lowest BCUT2D eigenvalue weighted by molar-refractivity contribution is 0.0761. The van der Waals surface area contributed by atoms with Gasteiger partial charge in [-0.1, -0.05) is 15.9 Å². The molecule has 3 nitrogen and oxygen atoms in total. The molecule has 0 aliphatic heterocycles. The Morgan fingerprint density at radius 3 is 2.82 bits per heavy atom. The molecule has 0 aliphatic rings. The van der Waals surface area contributed by atoms with Gasteiger partial charge in [-0.25, -0.2) is 4.39 Å². The van der Waals surface area contributed by atoms with Crippen LogP contribution in [0.4, 0.5) is 4.39 Å². The first-order valence-corrected chi connectivity index (χ1v) is 6.56.